The van der Waals surface area contributed by atoms with Gasteiger partial charge in [0.05, 0.1) is 6.10 Å². The first-order valence-corrected chi connectivity index (χ1v) is 7.27. The number of halogens is 1. The fraction of sp³-hybridized carbons (Fsp3) is 0.625. The van der Waals surface area contributed by atoms with E-state index < -0.39 is 6.10 Å². The molecule has 1 aliphatic carbocycles. The highest BCUT2D eigenvalue weighted by atomic mass is 19.1. The molecule has 1 N–H and O–H groups in total. The van der Waals surface area contributed by atoms with Crippen molar-refractivity contribution in [3.05, 3.63) is 29.6 Å². The molecule has 4 atom stereocenters. The molecule has 1 fully saturated rings. The standard InChI is InChI=1S/C16H21FO2/c1-10-3-2-4-11(7-10)16-9-14(18)13-8-12(17)5-6-15(13)19-16/h5-6,8,10-11,14,16,18H,2-4,7,9H2,1H3/t10?,11?,14-,16?/m0/s1. The normalized spacial score (nSPS) is 34.5. The van der Waals surface area contributed by atoms with Crippen LogP contribution in [0.2, 0.25) is 0 Å². The van der Waals surface area contributed by atoms with Crippen LogP contribution in [0.3, 0.4) is 0 Å². The topological polar surface area (TPSA) is 29.5 Å². The van der Waals surface area contributed by atoms with E-state index in [1.165, 1.54) is 37.8 Å². The smallest absolute Gasteiger partial charge is 0.125 e. The molecule has 0 bridgehead atoms. The third-order valence-corrected chi connectivity index (χ3v) is 4.57. The third-order valence-electron chi connectivity index (χ3n) is 4.57. The first-order chi connectivity index (χ1) is 9.13. The summed E-state index contributed by atoms with van der Waals surface area (Å²) in [4.78, 5) is 0. The highest BCUT2D eigenvalue weighted by molar-refractivity contribution is 5.37. The summed E-state index contributed by atoms with van der Waals surface area (Å²) < 4.78 is 19.2. The van der Waals surface area contributed by atoms with Crippen LogP contribution >= 0.6 is 0 Å². The molecule has 0 spiro atoms. The van der Waals surface area contributed by atoms with E-state index in [2.05, 4.69) is 6.92 Å². The van der Waals surface area contributed by atoms with E-state index in [-0.39, 0.29) is 11.9 Å². The van der Waals surface area contributed by atoms with Crippen LogP contribution in [0.25, 0.3) is 0 Å². The second-order valence-corrected chi connectivity index (χ2v) is 6.12. The van der Waals surface area contributed by atoms with Crippen molar-refractivity contribution in [3.8, 4) is 5.75 Å². The number of aliphatic hydroxyl groups excluding tert-OH is 1. The van der Waals surface area contributed by atoms with Crippen LogP contribution in [-0.4, -0.2) is 11.2 Å². The highest BCUT2D eigenvalue weighted by Crippen LogP contribution is 2.41. The first kappa shape index (κ1) is 12.9. The molecule has 3 unspecified atom stereocenters. The first-order valence-electron chi connectivity index (χ1n) is 7.27. The van der Waals surface area contributed by atoms with Crippen LogP contribution in [0, 0.1) is 17.7 Å². The Bertz CT molecular complexity index is 460. The molecule has 0 radical (unpaired) electrons. The number of ether oxygens (including phenoxy) is 1. The zero-order valence-electron chi connectivity index (χ0n) is 11.3. The average Bonchev–Trinajstić information content (AvgIpc) is 2.39. The Morgan fingerprint density at radius 3 is 2.89 bits per heavy atom. The quantitative estimate of drug-likeness (QED) is 0.835. The molecule has 2 nitrogen and oxygen atoms in total. The summed E-state index contributed by atoms with van der Waals surface area (Å²) in [5.41, 5.74) is 0.597. The van der Waals surface area contributed by atoms with Gasteiger partial charge in [-0.2, -0.15) is 0 Å². The van der Waals surface area contributed by atoms with Crippen molar-refractivity contribution in [2.45, 2.75) is 51.2 Å². The van der Waals surface area contributed by atoms with Crippen molar-refractivity contribution >= 4 is 0 Å². The van der Waals surface area contributed by atoms with Crippen molar-refractivity contribution in [3.63, 3.8) is 0 Å². The summed E-state index contributed by atoms with van der Waals surface area (Å²) >= 11 is 0. The Morgan fingerprint density at radius 1 is 1.26 bits per heavy atom. The molecule has 1 heterocycles. The Morgan fingerprint density at radius 2 is 2.11 bits per heavy atom. The Balaban J connectivity index is 1.79. The maximum Gasteiger partial charge on any atom is 0.125 e. The number of fused-ring (bicyclic) bond motifs is 1. The summed E-state index contributed by atoms with van der Waals surface area (Å²) in [5, 5.41) is 10.2. The summed E-state index contributed by atoms with van der Waals surface area (Å²) in [7, 11) is 0. The largest absolute Gasteiger partial charge is 0.490 e. The molecule has 2 aliphatic rings. The molecular weight excluding hydrogens is 243 g/mol. The fourth-order valence-corrected chi connectivity index (χ4v) is 3.55. The minimum absolute atomic E-state index is 0.0794. The van der Waals surface area contributed by atoms with Crippen LogP contribution in [0.5, 0.6) is 5.75 Å². The Kier molecular flexibility index (Phi) is 3.48. The second-order valence-electron chi connectivity index (χ2n) is 6.12. The van der Waals surface area contributed by atoms with Gasteiger partial charge in [0.25, 0.3) is 0 Å². The average molecular weight is 264 g/mol. The van der Waals surface area contributed by atoms with E-state index in [4.69, 9.17) is 4.74 Å². The van der Waals surface area contributed by atoms with Gasteiger partial charge in [-0.1, -0.05) is 19.8 Å². The van der Waals surface area contributed by atoms with E-state index in [0.717, 1.165) is 5.92 Å². The number of benzene rings is 1. The molecule has 3 rings (SSSR count). The molecule has 104 valence electrons. The van der Waals surface area contributed by atoms with E-state index in [0.29, 0.717) is 23.7 Å². The van der Waals surface area contributed by atoms with Crippen LogP contribution in [0.4, 0.5) is 4.39 Å². The minimum Gasteiger partial charge on any atom is -0.490 e. The van der Waals surface area contributed by atoms with Gasteiger partial charge in [-0.25, -0.2) is 4.39 Å². The summed E-state index contributed by atoms with van der Waals surface area (Å²) in [6.45, 7) is 2.29. The maximum absolute atomic E-state index is 13.2. The van der Waals surface area contributed by atoms with Gasteiger partial charge in [0, 0.05) is 12.0 Å². The van der Waals surface area contributed by atoms with Crippen LogP contribution in [0.1, 0.15) is 50.7 Å². The van der Waals surface area contributed by atoms with E-state index in [9.17, 15) is 9.50 Å². The summed E-state index contributed by atoms with van der Waals surface area (Å²) in [6.07, 6.45) is 4.98. The minimum atomic E-state index is -0.596. The Hall–Kier alpha value is -1.09. The second kappa shape index (κ2) is 5.12. The lowest BCUT2D eigenvalue weighted by molar-refractivity contribution is 0.0169. The zero-order valence-corrected chi connectivity index (χ0v) is 11.3. The molecule has 1 aromatic carbocycles. The number of hydrogen-bond donors (Lipinski definition) is 1. The molecule has 1 aromatic rings. The van der Waals surface area contributed by atoms with Crippen molar-refractivity contribution in [2.24, 2.45) is 11.8 Å². The lowest BCUT2D eigenvalue weighted by Crippen LogP contribution is -2.35. The van der Waals surface area contributed by atoms with Crippen molar-refractivity contribution in [2.75, 3.05) is 0 Å². The maximum atomic E-state index is 13.2. The predicted octanol–water partition coefficient (Wildman–Crippen LogP) is 3.84. The van der Waals surface area contributed by atoms with Crippen LogP contribution in [0.15, 0.2) is 18.2 Å². The van der Waals surface area contributed by atoms with E-state index in [1.54, 1.807) is 6.07 Å². The van der Waals surface area contributed by atoms with Gasteiger partial charge in [-0.05, 0) is 42.9 Å². The van der Waals surface area contributed by atoms with Gasteiger partial charge < -0.3 is 9.84 Å². The van der Waals surface area contributed by atoms with Gasteiger partial charge in [-0.3, -0.25) is 0 Å². The lowest BCUT2D eigenvalue weighted by Gasteiger charge is -2.37. The van der Waals surface area contributed by atoms with Gasteiger partial charge in [0.2, 0.25) is 0 Å². The SMILES string of the molecule is CC1CCCC(C2C[C@H](O)c3cc(F)ccc3O2)C1. The predicted molar refractivity (Wildman–Crippen MR) is 71.5 cm³/mol. The molecular formula is C16H21FO2. The fourth-order valence-electron chi connectivity index (χ4n) is 3.55. The van der Waals surface area contributed by atoms with Gasteiger partial charge in [-0.15, -0.1) is 0 Å². The molecule has 0 aromatic heterocycles. The molecule has 19 heavy (non-hydrogen) atoms. The monoisotopic (exact) mass is 264 g/mol. The van der Waals surface area contributed by atoms with Gasteiger partial charge in [0.1, 0.15) is 17.7 Å². The zero-order chi connectivity index (χ0) is 13.4. The molecule has 3 heteroatoms. The summed E-state index contributed by atoms with van der Waals surface area (Å²) in [6, 6.07) is 4.43. The van der Waals surface area contributed by atoms with Crippen molar-refractivity contribution in [1.82, 2.24) is 0 Å². The highest BCUT2D eigenvalue weighted by Gasteiger charge is 2.34. The van der Waals surface area contributed by atoms with Crippen molar-refractivity contribution < 1.29 is 14.2 Å². The third kappa shape index (κ3) is 2.62. The molecule has 1 saturated carbocycles. The summed E-state index contributed by atoms with van der Waals surface area (Å²) in [5.74, 6) is 1.61. The van der Waals surface area contributed by atoms with Crippen molar-refractivity contribution in [1.29, 1.82) is 0 Å². The number of hydrogen-bond acceptors (Lipinski definition) is 2. The van der Waals surface area contributed by atoms with E-state index in [1.807, 2.05) is 0 Å². The van der Waals surface area contributed by atoms with Crippen LogP contribution < -0.4 is 4.74 Å². The Labute approximate surface area is 113 Å². The number of aliphatic hydroxyl groups is 1. The van der Waals surface area contributed by atoms with E-state index >= 15 is 0 Å². The van der Waals surface area contributed by atoms with Crippen LogP contribution in [-0.2, 0) is 0 Å². The van der Waals surface area contributed by atoms with Gasteiger partial charge >= 0.3 is 0 Å². The molecule has 0 amide bonds. The molecule has 1 aliphatic heterocycles. The van der Waals surface area contributed by atoms with Gasteiger partial charge in [0.15, 0.2) is 0 Å². The molecule has 0 saturated heterocycles. The lowest BCUT2D eigenvalue weighted by atomic mass is 9.77. The number of rotatable bonds is 1.